The van der Waals surface area contributed by atoms with Crippen molar-refractivity contribution in [1.82, 2.24) is 4.57 Å². The third-order valence-corrected chi connectivity index (χ3v) is 4.32. The first-order valence-corrected chi connectivity index (χ1v) is 8.34. The molecule has 0 amide bonds. The molecule has 4 N–H and O–H groups in total. The van der Waals surface area contributed by atoms with Crippen molar-refractivity contribution in [3.8, 4) is 5.69 Å². The lowest BCUT2D eigenvalue weighted by atomic mass is 9.98. The summed E-state index contributed by atoms with van der Waals surface area (Å²) < 4.78 is 15.3. The van der Waals surface area contributed by atoms with Crippen LogP contribution in [-0.2, 0) is 6.42 Å². The summed E-state index contributed by atoms with van der Waals surface area (Å²) in [4.78, 5) is 13.4. The van der Waals surface area contributed by atoms with Gasteiger partial charge in [0.1, 0.15) is 5.82 Å². The first-order valence-electron chi connectivity index (χ1n) is 8.34. The van der Waals surface area contributed by atoms with Gasteiger partial charge in [-0.05, 0) is 59.5 Å². The quantitative estimate of drug-likeness (QED) is 0.708. The zero-order valence-electron chi connectivity index (χ0n) is 14.4. The molecule has 1 heterocycles. The van der Waals surface area contributed by atoms with E-state index in [9.17, 15) is 9.18 Å². The number of hydrogen-bond donors (Lipinski definition) is 2. The summed E-state index contributed by atoms with van der Waals surface area (Å²) in [5.41, 5.74) is 13.6. The van der Waals surface area contributed by atoms with Crippen LogP contribution in [0.5, 0.6) is 0 Å². The fraction of sp³-hybridized carbons (Fsp3) is 0.0952. The van der Waals surface area contributed by atoms with E-state index in [0.717, 1.165) is 11.1 Å². The number of halogens is 1. The summed E-state index contributed by atoms with van der Waals surface area (Å²) in [6, 6.07) is 13.6. The second-order valence-electron chi connectivity index (χ2n) is 5.86. The molecule has 0 aliphatic rings. The predicted molar refractivity (Wildman–Crippen MR) is 104 cm³/mol. The van der Waals surface area contributed by atoms with E-state index >= 15 is 0 Å². The molecule has 0 radical (unpaired) electrons. The molecule has 0 spiro atoms. The molecular weight excluding hydrogens is 329 g/mol. The van der Waals surface area contributed by atoms with E-state index in [1.54, 1.807) is 22.8 Å². The molecular formula is C21H20FN3O. The van der Waals surface area contributed by atoms with Crippen molar-refractivity contribution in [1.29, 1.82) is 0 Å². The molecule has 0 saturated heterocycles. The molecule has 4 nitrogen and oxygen atoms in total. The molecule has 26 heavy (non-hydrogen) atoms. The van der Waals surface area contributed by atoms with Crippen molar-refractivity contribution < 1.29 is 4.39 Å². The summed E-state index contributed by atoms with van der Waals surface area (Å²) in [6.45, 7) is 1.96. The van der Waals surface area contributed by atoms with Crippen molar-refractivity contribution in [3.05, 3.63) is 94.4 Å². The average molecular weight is 349 g/mol. The summed E-state index contributed by atoms with van der Waals surface area (Å²) in [5.74, 6) is -0.390. The van der Waals surface area contributed by atoms with Crippen molar-refractivity contribution in [2.45, 2.75) is 13.3 Å². The van der Waals surface area contributed by atoms with E-state index in [1.807, 2.05) is 31.2 Å². The van der Waals surface area contributed by atoms with Crippen LogP contribution in [0.2, 0.25) is 0 Å². The summed E-state index contributed by atoms with van der Waals surface area (Å²) in [6.07, 6.45) is 5.07. The Morgan fingerprint density at radius 2 is 1.92 bits per heavy atom. The fourth-order valence-corrected chi connectivity index (χ4v) is 3.15. The Kier molecular flexibility index (Phi) is 4.89. The van der Waals surface area contributed by atoms with Crippen molar-refractivity contribution in [2.24, 2.45) is 11.5 Å². The largest absolute Gasteiger partial charge is 0.405 e. The smallest absolute Gasteiger partial charge is 0.263 e. The second kappa shape index (κ2) is 7.27. The van der Waals surface area contributed by atoms with E-state index in [0.29, 0.717) is 28.6 Å². The Balaban J connectivity index is 2.43. The molecule has 5 heteroatoms. The summed E-state index contributed by atoms with van der Waals surface area (Å²) in [5, 5.41) is 1.32. The number of benzene rings is 2. The minimum absolute atomic E-state index is 0.217. The lowest BCUT2D eigenvalue weighted by molar-refractivity contribution is 0.626. The number of pyridine rings is 1. The maximum Gasteiger partial charge on any atom is 0.263 e. The van der Waals surface area contributed by atoms with Crippen LogP contribution in [-0.4, -0.2) is 4.57 Å². The predicted octanol–water partition coefficient (Wildman–Crippen LogP) is 3.46. The van der Waals surface area contributed by atoms with Crippen molar-refractivity contribution >= 4 is 16.3 Å². The van der Waals surface area contributed by atoms with Gasteiger partial charge in [-0.2, -0.15) is 0 Å². The molecule has 0 saturated carbocycles. The van der Waals surface area contributed by atoms with Gasteiger partial charge in [0.15, 0.2) is 0 Å². The summed E-state index contributed by atoms with van der Waals surface area (Å²) >= 11 is 0. The Bertz CT molecular complexity index is 1080. The van der Waals surface area contributed by atoms with Gasteiger partial charge in [-0.1, -0.05) is 31.2 Å². The minimum atomic E-state index is -0.390. The topological polar surface area (TPSA) is 74.0 Å². The minimum Gasteiger partial charge on any atom is -0.405 e. The SMILES string of the molecule is CCc1cc2cccc(C(/C=C\N)=C/N)c2c(=O)n1-c1cccc(F)c1. The number of nitrogens with zero attached hydrogens (tertiary/aromatic N) is 1. The van der Waals surface area contributed by atoms with Gasteiger partial charge in [0.2, 0.25) is 0 Å². The van der Waals surface area contributed by atoms with E-state index in [2.05, 4.69) is 0 Å². The highest BCUT2D eigenvalue weighted by Crippen LogP contribution is 2.25. The van der Waals surface area contributed by atoms with E-state index < -0.39 is 5.82 Å². The van der Waals surface area contributed by atoms with Gasteiger partial charge in [-0.3, -0.25) is 9.36 Å². The van der Waals surface area contributed by atoms with Gasteiger partial charge in [0.05, 0.1) is 11.1 Å². The van der Waals surface area contributed by atoms with E-state index in [-0.39, 0.29) is 5.56 Å². The average Bonchev–Trinajstić information content (AvgIpc) is 2.65. The standard InChI is InChI=1S/C21H20FN3O/c1-2-17-11-14-5-3-8-19(15(13-24)9-10-23)20(14)21(26)25(17)18-7-4-6-16(22)12-18/h3-13H,2,23-24H2,1H3/b10-9-,15-13+. The number of fused-ring (bicyclic) bond motifs is 1. The van der Waals surface area contributed by atoms with Crippen LogP contribution in [0.3, 0.4) is 0 Å². The van der Waals surface area contributed by atoms with Gasteiger partial charge in [0, 0.05) is 11.9 Å². The van der Waals surface area contributed by atoms with Crippen LogP contribution in [0.1, 0.15) is 18.2 Å². The van der Waals surface area contributed by atoms with Crippen LogP contribution in [0.15, 0.2) is 71.8 Å². The maximum absolute atomic E-state index is 13.7. The Hall–Kier alpha value is -3.34. The molecule has 0 fully saturated rings. The number of hydrogen-bond acceptors (Lipinski definition) is 3. The van der Waals surface area contributed by atoms with Gasteiger partial charge in [-0.15, -0.1) is 0 Å². The van der Waals surface area contributed by atoms with Crippen LogP contribution < -0.4 is 17.0 Å². The van der Waals surface area contributed by atoms with Gasteiger partial charge in [-0.25, -0.2) is 4.39 Å². The maximum atomic E-state index is 13.7. The Morgan fingerprint density at radius 3 is 2.58 bits per heavy atom. The molecule has 0 bridgehead atoms. The molecule has 0 aliphatic carbocycles. The highest BCUT2D eigenvalue weighted by Gasteiger charge is 2.14. The molecule has 0 aliphatic heterocycles. The zero-order chi connectivity index (χ0) is 18.7. The van der Waals surface area contributed by atoms with Crippen LogP contribution >= 0.6 is 0 Å². The number of nitrogens with two attached hydrogens (primary N) is 2. The van der Waals surface area contributed by atoms with Crippen LogP contribution in [0.25, 0.3) is 22.0 Å². The van der Waals surface area contributed by atoms with Crippen molar-refractivity contribution in [3.63, 3.8) is 0 Å². The third-order valence-electron chi connectivity index (χ3n) is 4.32. The van der Waals surface area contributed by atoms with Crippen LogP contribution in [0, 0.1) is 5.82 Å². The Labute approximate surface area is 150 Å². The fourth-order valence-electron chi connectivity index (χ4n) is 3.15. The second-order valence-corrected chi connectivity index (χ2v) is 5.86. The third kappa shape index (κ3) is 2.99. The molecule has 0 atom stereocenters. The van der Waals surface area contributed by atoms with Gasteiger partial charge >= 0.3 is 0 Å². The molecule has 132 valence electrons. The van der Waals surface area contributed by atoms with E-state index in [1.165, 1.54) is 24.5 Å². The number of allylic oxidation sites excluding steroid dienone is 2. The zero-order valence-corrected chi connectivity index (χ0v) is 14.4. The molecule has 3 aromatic rings. The molecule has 1 aromatic heterocycles. The molecule has 0 unspecified atom stereocenters. The normalized spacial score (nSPS) is 12.2. The highest BCUT2D eigenvalue weighted by molar-refractivity contribution is 5.95. The van der Waals surface area contributed by atoms with Crippen molar-refractivity contribution in [2.75, 3.05) is 0 Å². The van der Waals surface area contributed by atoms with Gasteiger partial charge in [0.25, 0.3) is 5.56 Å². The summed E-state index contributed by atoms with van der Waals surface area (Å²) in [7, 11) is 0. The highest BCUT2D eigenvalue weighted by atomic mass is 19.1. The van der Waals surface area contributed by atoms with Crippen LogP contribution in [0.4, 0.5) is 4.39 Å². The lowest BCUT2D eigenvalue weighted by Gasteiger charge is -2.15. The Morgan fingerprint density at radius 1 is 1.15 bits per heavy atom. The first-order chi connectivity index (χ1) is 12.6. The molecule has 2 aromatic carbocycles. The van der Waals surface area contributed by atoms with Gasteiger partial charge < -0.3 is 11.5 Å². The lowest BCUT2D eigenvalue weighted by Crippen LogP contribution is -2.23. The first kappa shape index (κ1) is 17.5. The number of rotatable bonds is 4. The number of aryl methyl sites for hydroxylation is 1. The van der Waals surface area contributed by atoms with E-state index in [4.69, 9.17) is 11.5 Å². The molecule has 3 rings (SSSR count). The number of aromatic nitrogens is 1. The monoisotopic (exact) mass is 349 g/mol.